The van der Waals surface area contributed by atoms with Crippen LogP contribution in [0.4, 0.5) is 10.2 Å². The lowest BCUT2D eigenvalue weighted by molar-refractivity contribution is 0.797. The van der Waals surface area contributed by atoms with Crippen LogP contribution in [0.1, 0.15) is 25.2 Å². The Kier molecular flexibility index (Phi) is 7.35. The van der Waals surface area contributed by atoms with Crippen molar-refractivity contribution in [2.45, 2.75) is 25.2 Å². The molecule has 0 saturated carbocycles. The molecule has 0 aliphatic heterocycles. The zero-order valence-electron chi connectivity index (χ0n) is 14.4. The Morgan fingerprint density at radius 3 is 2.88 bits per heavy atom. The van der Waals surface area contributed by atoms with Crippen LogP contribution < -0.4 is 0 Å². The van der Waals surface area contributed by atoms with Crippen molar-refractivity contribution in [1.82, 2.24) is 9.97 Å². The third-order valence-electron chi connectivity index (χ3n) is 3.26. The van der Waals surface area contributed by atoms with E-state index in [1.165, 1.54) is 13.1 Å². The fraction of sp³-hybridized carbons (Fsp3) is 0.211. The molecule has 0 saturated heterocycles. The van der Waals surface area contributed by atoms with Gasteiger partial charge in [0.05, 0.1) is 4.90 Å². The maximum Gasteiger partial charge on any atom is 0.185 e. The van der Waals surface area contributed by atoms with Crippen LogP contribution in [0.2, 0.25) is 0 Å². The molecule has 0 spiro atoms. The van der Waals surface area contributed by atoms with Crippen LogP contribution in [0.5, 0.6) is 0 Å². The van der Waals surface area contributed by atoms with Gasteiger partial charge in [-0.25, -0.2) is 15.0 Å². The minimum Gasteiger partial charge on any atom is -0.365 e. The number of aromatic nitrogens is 2. The molecule has 0 unspecified atom stereocenters. The number of rotatable bonds is 8. The maximum atomic E-state index is 12.8. The smallest absolute Gasteiger partial charge is 0.185 e. The van der Waals surface area contributed by atoms with Crippen molar-refractivity contribution in [2.24, 2.45) is 9.98 Å². The normalized spacial score (nSPS) is 12.8. The van der Waals surface area contributed by atoms with E-state index in [0.717, 1.165) is 21.9 Å². The van der Waals surface area contributed by atoms with Crippen LogP contribution in [0.15, 0.2) is 69.3 Å². The van der Waals surface area contributed by atoms with Gasteiger partial charge >= 0.3 is 0 Å². The summed E-state index contributed by atoms with van der Waals surface area (Å²) in [5, 5.41) is 0. The van der Waals surface area contributed by atoms with Gasteiger partial charge in [0.2, 0.25) is 0 Å². The summed E-state index contributed by atoms with van der Waals surface area (Å²) in [7, 11) is 0. The molecule has 6 heteroatoms. The number of aliphatic imine (C=N–C) groups is 2. The molecule has 25 heavy (non-hydrogen) atoms. The summed E-state index contributed by atoms with van der Waals surface area (Å²) >= 11 is 1.57. The molecule has 1 N–H and O–H groups in total. The molecule has 0 fully saturated rings. The average molecular weight is 356 g/mol. The van der Waals surface area contributed by atoms with Crippen molar-refractivity contribution in [1.29, 1.82) is 0 Å². The van der Waals surface area contributed by atoms with Gasteiger partial charge in [0.15, 0.2) is 11.8 Å². The number of nitrogens with one attached hydrogen (secondary N) is 1. The average Bonchev–Trinajstić information content (AvgIpc) is 3.10. The fourth-order valence-electron chi connectivity index (χ4n) is 2.15. The summed E-state index contributed by atoms with van der Waals surface area (Å²) in [6.07, 6.45) is 7.96. The first kappa shape index (κ1) is 18.9. The Morgan fingerprint density at radius 1 is 1.40 bits per heavy atom. The number of allylic oxidation sites excluding steroid dienone is 2. The van der Waals surface area contributed by atoms with E-state index >= 15 is 0 Å². The molecule has 0 radical (unpaired) electrons. The Labute approximate surface area is 151 Å². The molecule has 2 rings (SSSR count). The first-order valence-corrected chi connectivity index (χ1v) is 8.84. The van der Waals surface area contributed by atoms with Gasteiger partial charge < -0.3 is 4.98 Å². The molecule has 130 valence electrons. The van der Waals surface area contributed by atoms with Crippen LogP contribution in [-0.4, -0.2) is 28.4 Å². The lowest BCUT2D eigenvalue weighted by Crippen LogP contribution is -1.94. The summed E-state index contributed by atoms with van der Waals surface area (Å²) in [4.78, 5) is 16.4. The highest BCUT2D eigenvalue weighted by molar-refractivity contribution is 7.99. The predicted molar refractivity (Wildman–Crippen MR) is 105 cm³/mol. The van der Waals surface area contributed by atoms with Crippen molar-refractivity contribution >= 4 is 30.3 Å². The molecule has 4 nitrogen and oxygen atoms in total. The summed E-state index contributed by atoms with van der Waals surface area (Å²) in [6, 6.07) is 7.97. The Bertz CT molecular complexity index is 788. The van der Waals surface area contributed by atoms with E-state index in [1.54, 1.807) is 11.8 Å². The van der Waals surface area contributed by atoms with Gasteiger partial charge in [-0.3, -0.25) is 0 Å². The first-order valence-electron chi connectivity index (χ1n) is 7.85. The number of H-pyrrole nitrogens is 1. The predicted octanol–water partition coefficient (Wildman–Crippen LogP) is 5.27. The minimum atomic E-state index is -0.462. The molecule has 0 aliphatic carbocycles. The molecule has 0 aliphatic rings. The van der Waals surface area contributed by atoms with E-state index in [2.05, 4.69) is 26.7 Å². The number of hydrogen-bond acceptors (Lipinski definition) is 4. The van der Waals surface area contributed by atoms with E-state index in [0.29, 0.717) is 18.0 Å². The zero-order chi connectivity index (χ0) is 18.1. The van der Waals surface area contributed by atoms with Crippen LogP contribution in [0.25, 0.3) is 0 Å². The third-order valence-corrected chi connectivity index (χ3v) is 4.37. The number of thioether (sulfide) groups is 1. The topological polar surface area (TPSA) is 53.4 Å². The SMILES string of the molecule is C=Nc1nc(Cc2ccc[nH]2)ccc1SCC(/C=C\C)=C/N=C(C)F. The third kappa shape index (κ3) is 6.15. The van der Waals surface area contributed by atoms with Crippen molar-refractivity contribution in [3.63, 3.8) is 0 Å². The molecule has 0 atom stereocenters. The fourth-order valence-corrected chi connectivity index (χ4v) is 3.04. The molecule has 2 heterocycles. The van der Waals surface area contributed by atoms with Gasteiger partial charge in [0, 0.05) is 42.9 Å². The van der Waals surface area contributed by atoms with Crippen LogP contribution in [0.3, 0.4) is 0 Å². The van der Waals surface area contributed by atoms with Crippen LogP contribution in [0, 0.1) is 0 Å². The summed E-state index contributed by atoms with van der Waals surface area (Å²) < 4.78 is 12.8. The van der Waals surface area contributed by atoms with Crippen molar-refractivity contribution in [2.75, 3.05) is 5.75 Å². The number of aromatic amines is 1. The van der Waals surface area contributed by atoms with Gasteiger partial charge in [-0.05, 0) is 43.5 Å². The zero-order valence-corrected chi connectivity index (χ0v) is 15.2. The van der Waals surface area contributed by atoms with E-state index in [4.69, 9.17) is 0 Å². The van der Waals surface area contributed by atoms with Crippen LogP contribution in [-0.2, 0) is 6.42 Å². The summed E-state index contributed by atoms with van der Waals surface area (Å²) in [5.41, 5.74) is 2.94. The second-order valence-electron chi connectivity index (χ2n) is 5.27. The molecular weight excluding hydrogens is 335 g/mol. The van der Waals surface area contributed by atoms with Crippen molar-refractivity contribution in [3.05, 3.63) is 65.8 Å². The van der Waals surface area contributed by atoms with Crippen molar-refractivity contribution < 1.29 is 4.39 Å². The molecule has 0 amide bonds. The van der Waals surface area contributed by atoms with Gasteiger partial charge in [-0.2, -0.15) is 4.39 Å². The quantitative estimate of drug-likeness (QED) is 0.398. The van der Waals surface area contributed by atoms with Gasteiger partial charge in [0.25, 0.3) is 0 Å². The number of pyridine rings is 1. The standard InChI is InChI=1S/C19H21FN4S/c1-4-6-15(12-23-14(2)20)13-25-18-9-8-17(24-19(18)21-3)11-16-7-5-10-22-16/h4-10,12,22H,3,11,13H2,1-2H3/b6-4-,15-12+,23-14?. The lowest BCUT2D eigenvalue weighted by atomic mass is 10.2. The monoisotopic (exact) mass is 356 g/mol. The Balaban J connectivity index is 2.11. The lowest BCUT2D eigenvalue weighted by Gasteiger charge is -2.07. The second kappa shape index (κ2) is 9.74. The Morgan fingerprint density at radius 2 is 2.24 bits per heavy atom. The van der Waals surface area contributed by atoms with E-state index in [1.807, 2.05) is 49.5 Å². The van der Waals surface area contributed by atoms with Gasteiger partial charge in [-0.1, -0.05) is 12.2 Å². The molecule has 0 bridgehead atoms. The number of hydrogen-bond donors (Lipinski definition) is 1. The highest BCUT2D eigenvalue weighted by atomic mass is 32.2. The Hall–Kier alpha value is -2.47. The molecule has 0 aromatic carbocycles. The number of nitrogens with zero attached hydrogens (tertiary/aromatic N) is 3. The van der Waals surface area contributed by atoms with E-state index < -0.39 is 5.97 Å². The number of halogens is 1. The largest absolute Gasteiger partial charge is 0.365 e. The van der Waals surface area contributed by atoms with Crippen LogP contribution >= 0.6 is 11.8 Å². The van der Waals surface area contributed by atoms with Crippen molar-refractivity contribution in [3.8, 4) is 0 Å². The molecular formula is C19H21FN4S. The van der Waals surface area contributed by atoms with Gasteiger partial charge in [0.1, 0.15) is 0 Å². The van der Waals surface area contributed by atoms with E-state index in [9.17, 15) is 4.39 Å². The second-order valence-corrected chi connectivity index (χ2v) is 6.29. The highest BCUT2D eigenvalue weighted by Crippen LogP contribution is 2.30. The molecule has 2 aromatic rings. The molecule has 2 aromatic heterocycles. The van der Waals surface area contributed by atoms with Gasteiger partial charge in [-0.15, -0.1) is 11.8 Å². The summed E-state index contributed by atoms with van der Waals surface area (Å²) in [6.45, 7) is 6.86. The first-order chi connectivity index (χ1) is 12.1. The minimum absolute atomic E-state index is 0.462. The highest BCUT2D eigenvalue weighted by Gasteiger charge is 2.07. The maximum absolute atomic E-state index is 12.8. The van der Waals surface area contributed by atoms with E-state index in [-0.39, 0.29) is 0 Å². The summed E-state index contributed by atoms with van der Waals surface area (Å²) in [5.74, 6) is 0.788.